The first-order chi connectivity index (χ1) is 5.21. The Labute approximate surface area is 72.4 Å². The van der Waals surface area contributed by atoms with Gasteiger partial charge in [0.15, 0.2) is 0 Å². The molecule has 62 valence electrons. The molecule has 0 amide bonds. The van der Waals surface area contributed by atoms with E-state index >= 15 is 0 Å². The molecule has 1 saturated heterocycles. The van der Waals surface area contributed by atoms with Crippen molar-refractivity contribution >= 4 is 11.6 Å². The Morgan fingerprint density at radius 3 is 3.27 bits per heavy atom. The van der Waals surface area contributed by atoms with Crippen LogP contribution in [-0.4, -0.2) is 17.6 Å². The Morgan fingerprint density at radius 1 is 1.64 bits per heavy atom. The topological polar surface area (TPSA) is 9.23 Å². The number of hydrogen-bond acceptors (Lipinski definition) is 1. The predicted octanol–water partition coefficient (Wildman–Crippen LogP) is 2.35. The average Bonchev–Trinajstić information content (AvgIpc) is 2.31. The van der Waals surface area contributed by atoms with E-state index < -0.39 is 0 Å². The molecule has 2 rings (SSSR count). The Balaban J connectivity index is 2.22. The van der Waals surface area contributed by atoms with Gasteiger partial charge in [0.25, 0.3) is 0 Å². The van der Waals surface area contributed by atoms with Crippen molar-refractivity contribution in [3.63, 3.8) is 0 Å². The maximum atomic E-state index is 6.00. The fourth-order valence-electron chi connectivity index (χ4n) is 2.01. The Morgan fingerprint density at radius 2 is 2.45 bits per heavy atom. The third-order valence-electron chi connectivity index (χ3n) is 2.84. The lowest BCUT2D eigenvalue weighted by Gasteiger charge is -2.31. The lowest BCUT2D eigenvalue weighted by molar-refractivity contribution is 0.0318. The van der Waals surface area contributed by atoms with E-state index in [4.69, 9.17) is 16.3 Å². The van der Waals surface area contributed by atoms with Crippen molar-refractivity contribution in [3.05, 3.63) is 12.2 Å². The molecule has 11 heavy (non-hydrogen) atoms. The molecule has 0 aromatic carbocycles. The molecule has 0 spiro atoms. The van der Waals surface area contributed by atoms with E-state index in [0.717, 1.165) is 13.0 Å². The highest BCUT2D eigenvalue weighted by Gasteiger charge is 2.40. The number of fused-ring (bicyclic) bond motifs is 1. The quantitative estimate of drug-likeness (QED) is 0.403. The van der Waals surface area contributed by atoms with Crippen LogP contribution in [0.2, 0.25) is 0 Å². The second kappa shape index (κ2) is 2.49. The van der Waals surface area contributed by atoms with E-state index in [9.17, 15) is 0 Å². The number of allylic oxidation sites excluding steroid dienone is 1. The van der Waals surface area contributed by atoms with Gasteiger partial charge in [0.2, 0.25) is 0 Å². The number of rotatable bonds is 0. The average molecular weight is 173 g/mol. The van der Waals surface area contributed by atoms with Gasteiger partial charge in [-0.25, -0.2) is 0 Å². The lowest BCUT2D eigenvalue weighted by Crippen LogP contribution is -2.33. The van der Waals surface area contributed by atoms with E-state index in [-0.39, 0.29) is 11.0 Å². The molecule has 1 aliphatic carbocycles. The fourth-order valence-corrected chi connectivity index (χ4v) is 2.30. The normalized spacial score (nSPS) is 49.3. The van der Waals surface area contributed by atoms with E-state index in [2.05, 4.69) is 19.1 Å². The van der Waals surface area contributed by atoms with Crippen molar-refractivity contribution in [1.82, 2.24) is 0 Å². The number of halogens is 1. The largest absolute Gasteiger partial charge is 0.371 e. The standard InChI is InChI=1S/C9H13ClO/c1-9-4-2-8(10)6-7(9)3-5-11-9/h2,4,7-8H,3,5-6H2,1H3/t7-,8-,9+/m0/s1. The summed E-state index contributed by atoms with van der Waals surface area (Å²) in [5.41, 5.74) is 0.00535. The third kappa shape index (κ3) is 1.21. The highest BCUT2D eigenvalue weighted by molar-refractivity contribution is 6.21. The Bertz CT molecular complexity index is 190. The molecular weight excluding hydrogens is 160 g/mol. The zero-order chi connectivity index (χ0) is 7.90. The van der Waals surface area contributed by atoms with E-state index in [1.165, 1.54) is 6.42 Å². The first kappa shape index (κ1) is 7.63. The van der Waals surface area contributed by atoms with Gasteiger partial charge in [-0.3, -0.25) is 0 Å². The molecule has 0 N–H and O–H groups in total. The Kier molecular flexibility index (Phi) is 1.73. The molecule has 0 unspecified atom stereocenters. The van der Waals surface area contributed by atoms with Crippen molar-refractivity contribution in [3.8, 4) is 0 Å². The van der Waals surface area contributed by atoms with Crippen LogP contribution in [0.4, 0.5) is 0 Å². The first-order valence-corrected chi connectivity index (χ1v) is 4.62. The van der Waals surface area contributed by atoms with Gasteiger partial charge < -0.3 is 4.74 Å². The van der Waals surface area contributed by atoms with Gasteiger partial charge in [-0.2, -0.15) is 0 Å². The molecule has 2 heteroatoms. The molecule has 0 bridgehead atoms. The van der Waals surface area contributed by atoms with Crippen molar-refractivity contribution in [1.29, 1.82) is 0 Å². The van der Waals surface area contributed by atoms with Crippen molar-refractivity contribution in [2.75, 3.05) is 6.61 Å². The van der Waals surface area contributed by atoms with Gasteiger partial charge in [0.05, 0.1) is 11.0 Å². The summed E-state index contributed by atoms with van der Waals surface area (Å²) in [6, 6.07) is 0. The second-order valence-electron chi connectivity index (χ2n) is 3.63. The lowest BCUT2D eigenvalue weighted by atomic mass is 9.81. The third-order valence-corrected chi connectivity index (χ3v) is 3.16. The zero-order valence-corrected chi connectivity index (χ0v) is 7.47. The maximum absolute atomic E-state index is 6.00. The molecule has 0 aromatic rings. The van der Waals surface area contributed by atoms with Crippen LogP contribution >= 0.6 is 11.6 Å². The minimum absolute atomic E-state index is 0.00535. The summed E-state index contributed by atoms with van der Waals surface area (Å²) in [4.78, 5) is 0. The molecule has 0 saturated carbocycles. The molecule has 2 aliphatic rings. The number of hydrogen-bond donors (Lipinski definition) is 0. The summed E-state index contributed by atoms with van der Waals surface area (Å²) in [6.07, 6.45) is 6.44. The van der Waals surface area contributed by atoms with Crippen LogP contribution in [0.3, 0.4) is 0 Å². The Hall–Kier alpha value is -0.0100. The highest BCUT2D eigenvalue weighted by atomic mass is 35.5. The van der Waals surface area contributed by atoms with Crippen LogP contribution in [0.5, 0.6) is 0 Å². The van der Waals surface area contributed by atoms with Gasteiger partial charge in [0.1, 0.15) is 0 Å². The van der Waals surface area contributed by atoms with Crippen LogP contribution in [0.1, 0.15) is 19.8 Å². The van der Waals surface area contributed by atoms with Gasteiger partial charge in [-0.05, 0) is 25.7 Å². The van der Waals surface area contributed by atoms with Gasteiger partial charge in [-0.15, -0.1) is 11.6 Å². The minimum atomic E-state index is 0.00535. The molecule has 0 radical (unpaired) electrons. The van der Waals surface area contributed by atoms with E-state index in [1.54, 1.807) is 0 Å². The van der Waals surface area contributed by atoms with Crippen LogP contribution in [0, 0.1) is 5.92 Å². The van der Waals surface area contributed by atoms with E-state index in [0.29, 0.717) is 5.92 Å². The molecule has 0 aromatic heterocycles. The zero-order valence-electron chi connectivity index (χ0n) is 6.72. The SMILES string of the molecule is C[C@@]12C=C[C@H](Cl)C[C@@H]1CCO2. The van der Waals surface area contributed by atoms with Crippen LogP contribution < -0.4 is 0 Å². The van der Waals surface area contributed by atoms with Crippen molar-refractivity contribution in [2.45, 2.75) is 30.7 Å². The molecule has 1 fully saturated rings. The van der Waals surface area contributed by atoms with Crippen LogP contribution in [-0.2, 0) is 4.74 Å². The van der Waals surface area contributed by atoms with Gasteiger partial charge >= 0.3 is 0 Å². The van der Waals surface area contributed by atoms with E-state index in [1.807, 2.05) is 0 Å². The molecule has 1 nitrogen and oxygen atoms in total. The van der Waals surface area contributed by atoms with Crippen LogP contribution in [0.25, 0.3) is 0 Å². The summed E-state index contributed by atoms with van der Waals surface area (Å²) in [7, 11) is 0. The molecule has 1 heterocycles. The highest BCUT2D eigenvalue weighted by Crippen LogP contribution is 2.40. The molecular formula is C9H13ClO. The number of ether oxygens (including phenoxy) is 1. The smallest absolute Gasteiger partial charge is 0.0864 e. The number of alkyl halides is 1. The first-order valence-electron chi connectivity index (χ1n) is 4.18. The summed E-state index contributed by atoms with van der Waals surface area (Å²) in [5, 5.41) is 0.231. The second-order valence-corrected chi connectivity index (χ2v) is 4.19. The molecule has 1 aliphatic heterocycles. The predicted molar refractivity (Wildman–Crippen MR) is 45.9 cm³/mol. The van der Waals surface area contributed by atoms with Gasteiger partial charge in [-0.1, -0.05) is 12.2 Å². The summed E-state index contributed by atoms with van der Waals surface area (Å²) in [6.45, 7) is 3.05. The fraction of sp³-hybridized carbons (Fsp3) is 0.778. The maximum Gasteiger partial charge on any atom is 0.0864 e. The summed E-state index contributed by atoms with van der Waals surface area (Å²) >= 11 is 6.00. The van der Waals surface area contributed by atoms with Crippen LogP contribution in [0.15, 0.2) is 12.2 Å². The van der Waals surface area contributed by atoms with Gasteiger partial charge in [0, 0.05) is 6.61 Å². The molecule has 3 atom stereocenters. The van der Waals surface area contributed by atoms with Crippen molar-refractivity contribution < 1.29 is 4.74 Å². The summed E-state index contributed by atoms with van der Waals surface area (Å²) in [5.74, 6) is 0.648. The van der Waals surface area contributed by atoms with Crippen molar-refractivity contribution in [2.24, 2.45) is 5.92 Å². The summed E-state index contributed by atoms with van der Waals surface area (Å²) < 4.78 is 5.65. The minimum Gasteiger partial charge on any atom is -0.371 e. The monoisotopic (exact) mass is 172 g/mol.